The van der Waals surface area contributed by atoms with Crippen LogP contribution in [0.3, 0.4) is 0 Å². The van der Waals surface area contributed by atoms with Gasteiger partial charge in [-0.2, -0.15) is 0 Å². The maximum absolute atomic E-state index is 10.7. The molecule has 0 bridgehead atoms. The smallest absolute Gasteiger partial charge is 0.335 e. The van der Waals surface area contributed by atoms with Crippen molar-refractivity contribution in [2.75, 3.05) is 39.4 Å². The molecule has 9 heteroatoms. The summed E-state index contributed by atoms with van der Waals surface area (Å²) in [5, 5.41) is 17.5. The summed E-state index contributed by atoms with van der Waals surface area (Å²) in [6, 6.07) is 14.2. The van der Waals surface area contributed by atoms with Gasteiger partial charge in [0.15, 0.2) is 0 Å². The van der Waals surface area contributed by atoms with Gasteiger partial charge in [-0.15, -0.1) is 24.8 Å². The molecular formula is C24H32Cl2N2O5. The fourth-order valence-corrected chi connectivity index (χ4v) is 3.72. The van der Waals surface area contributed by atoms with Crippen LogP contribution in [0.1, 0.15) is 44.7 Å². The Morgan fingerprint density at radius 1 is 0.667 bits per heavy atom. The quantitative estimate of drug-likeness (QED) is 0.620. The average Bonchev–Trinajstić information content (AvgIpc) is 3.29. The molecule has 0 unspecified atom stereocenters. The van der Waals surface area contributed by atoms with Gasteiger partial charge in [-0.1, -0.05) is 24.3 Å². The minimum atomic E-state index is -0.877. The number of benzene rings is 2. The summed E-state index contributed by atoms with van der Waals surface area (Å²) in [5.74, 6) is -1.74. The number of hydrogen-bond donors (Lipinski definition) is 2. The molecule has 182 valence electrons. The predicted octanol–water partition coefficient (Wildman–Crippen LogP) is 4.04. The zero-order chi connectivity index (χ0) is 22.1. The Labute approximate surface area is 207 Å². The number of carboxylic acid groups (broad SMARTS) is 2. The first-order chi connectivity index (χ1) is 15.0. The van der Waals surface area contributed by atoms with Gasteiger partial charge in [0, 0.05) is 26.2 Å². The van der Waals surface area contributed by atoms with Crippen LogP contribution in [0.4, 0.5) is 0 Å². The zero-order valence-electron chi connectivity index (χ0n) is 18.5. The highest BCUT2D eigenvalue weighted by atomic mass is 35.5. The first-order valence-electron chi connectivity index (χ1n) is 10.7. The molecule has 2 N–H and O–H groups in total. The molecule has 2 fully saturated rings. The minimum Gasteiger partial charge on any atom is -0.478 e. The van der Waals surface area contributed by atoms with E-state index in [9.17, 15) is 9.59 Å². The molecular weight excluding hydrogens is 467 g/mol. The van der Waals surface area contributed by atoms with Crippen LogP contribution in [0.15, 0.2) is 48.5 Å². The fourth-order valence-electron chi connectivity index (χ4n) is 3.72. The van der Waals surface area contributed by atoms with Gasteiger partial charge < -0.3 is 14.9 Å². The van der Waals surface area contributed by atoms with E-state index in [1.54, 1.807) is 24.3 Å². The van der Waals surface area contributed by atoms with Crippen LogP contribution >= 0.6 is 24.8 Å². The van der Waals surface area contributed by atoms with Crippen molar-refractivity contribution < 1.29 is 24.5 Å². The van der Waals surface area contributed by atoms with Crippen LogP contribution in [0.2, 0.25) is 0 Å². The highest BCUT2D eigenvalue weighted by Crippen LogP contribution is 2.13. The third kappa shape index (κ3) is 9.70. The second kappa shape index (κ2) is 14.9. The van der Waals surface area contributed by atoms with Gasteiger partial charge in [0.1, 0.15) is 0 Å². The molecule has 2 saturated heterocycles. The van der Waals surface area contributed by atoms with E-state index in [1.165, 1.54) is 31.5 Å². The normalized spacial score (nSPS) is 16.0. The summed E-state index contributed by atoms with van der Waals surface area (Å²) < 4.78 is 5.27. The number of aromatic carboxylic acids is 2. The molecule has 2 aliphatic rings. The maximum atomic E-state index is 10.7. The Kier molecular flexibility index (Phi) is 13.0. The van der Waals surface area contributed by atoms with Crippen LogP contribution in [0.25, 0.3) is 0 Å². The van der Waals surface area contributed by atoms with E-state index in [2.05, 4.69) is 9.80 Å². The monoisotopic (exact) mass is 498 g/mol. The summed E-state index contributed by atoms with van der Waals surface area (Å²) in [4.78, 5) is 26.0. The number of nitrogens with zero attached hydrogens (tertiary/aromatic N) is 2. The van der Waals surface area contributed by atoms with Crippen molar-refractivity contribution in [2.45, 2.75) is 25.9 Å². The number of morpholine rings is 1. The van der Waals surface area contributed by atoms with Crippen LogP contribution in [0.5, 0.6) is 0 Å². The second-order valence-corrected chi connectivity index (χ2v) is 7.88. The Morgan fingerprint density at radius 3 is 1.39 bits per heavy atom. The lowest BCUT2D eigenvalue weighted by Crippen LogP contribution is -2.35. The Balaban J connectivity index is 0.000000312. The largest absolute Gasteiger partial charge is 0.478 e. The summed E-state index contributed by atoms with van der Waals surface area (Å²) in [5.41, 5.74) is 3.04. The lowest BCUT2D eigenvalue weighted by Gasteiger charge is -2.26. The first kappa shape index (κ1) is 28.9. The van der Waals surface area contributed by atoms with Crippen LogP contribution in [-0.2, 0) is 17.8 Å². The molecule has 33 heavy (non-hydrogen) atoms. The molecule has 0 aromatic heterocycles. The molecule has 0 saturated carbocycles. The minimum absolute atomic E-state index is 0. The van der Waals surface area contributed by atoms with Gasteiger partial charge in [0.2, 0.25) is 0 Å². The molecule has 2 aromatic carbocycles. The Bertz CT molecular complexity index is 850. The van der Waals surface area contributed by atoms with Crippen molar-refractivity contribution in [1.29, 1.82) is 0 Å². The number of hydrogen-bond acceptors (Lipinski definition) is 5. The fraction of sp³-hybridized carbons (Fsp3) is 0.417. The van der Waals surface area contributed by atoms with Gasteiger partial charge in [0.05, 0.1) is 24.3 Å². The number of carbonyl (C=O) groups is 2. The van der Waals surface area contributed by atoms with Crippen molar-refractivity contribution >= 4 is 36.8 Å². The zero-order valence-corrected chi connectivity index (χ0v) is 20.2. The Hall–Kier alpha value is -2.16. The van der Waals surface area contributed by atoms with Crippen molar-refractivity contribution in [3.8, 4) is 0 Å². The van der Waals surface area contributed by atoms with Gasteiger partial charge in [-0.25, -0.2) is 9.59 Å². The van der Waals surface area contributed by atoms with Gasteiger partial charge in [0.25, 0.3) is 0 Å². The van der Waals surface area contributed by atoms with E-state index in [4.69, 9.17) is 14.9 Å². The van der Waals surface area contributed by atoms with Crippen LogP contribution < -0.4 is 0 Å². The van der Waals surface area contributed by atoms with Crippen molar-refractivity contribution in [3.63, 3.8) is 0 Å². The van der Waals surface area contributed by atoms with Crippen molar-refractivity contribution in [3.05, 3.63) is 70.8 Å². The van der Waals surface area contributed by atoms with E-state index in [0.717, 1.165) is 45.0 Å². The summed E-state index contributed by atoms with van der Waals surface area (Å²) in [7, 11) is 0. The summed E-state index contributed by atoms with van der Waals surface area (Å²) in [6.07, 6.45) is 2.57. The number of carboxylic acids is 2. The van der Waals surface area contributed by atoms with E-state index >= 15 is 0 Å². The lowest BCUT2D eigenvalue weighted by atomic mass is 10.1. The third-order valence-electron chi connectivity index (χ3n) is 5.52. The average molecular weight is 499 g/mol. The second-order valence-electron chi connectivity index (χ2n) is 7.88. The maximum Gasteiger partial charge on any atom is 0.335 e. The van der Waals surface area contributed by atoms with Gasteiger partial charge in [-0.3, -0.25) is 9.80 Å². The SMILES string of the molecule is Cl.Cl.O=C(O)c1ccc(CN2CCCC2)cc1.O=C(O)c1ccc(CN2CCOCC2)cc1. The van der Waals surface area contributed by atoms with Gasteiger partial charge >= 0.3 is 11.9 Å². The summed E-state index contributed by atoms with van der Waals surface area (Å²) >= 11 is 0. The molecule has 2 heterocycles. The van der Waals surface area contributed by atoms with Crippen molar-refractivity contribution in [2.24, 2.45) is 0 Å². The molecule has 0 amide bonds. The molecule has 0 aliphatic carbocycles. The molecule has 2 aromatic rings. The Morgan fingerprint density at radius 2 is 1.03 bits per heavy atom. The van der Waals surface area contributed by atoms with Gasteiger partial charge in [-0.05, 0) is 61.3 Å². The highest BCUT2D eigenvalue weighted by Gasteiger charge is 2.12. The first-order valence-corrected chi connectivity index (χ1v) is 10.7. The molecule has 0 atom stereocenters. The van der Waals surface area contributed by atoms with E-state index in [1.807, 2.05) is 24.3 Å². The molecule has 0 spiro atoms. The molecule has 2 aliphatic heterocycles. The standard InChI is InChI=1S/C12H15NO3.C12H15NO2.2ClH/c14-12(15)11-3-1-10(2-4-11)9-13-5-7-16-8-6-13;14-12(15)11-5-3-10(4-6-11)9-13-7-1-2-8-13;;/h1-4H,5-9H2,(H,14,15);3-6H,1-2,7-9H2,(H,14,15);2*1H. The molecule has 0 radical (unpaired) electrons. The highest BCUT2D eigenvalue weighted by molar-refractivity contribution is 5.88. The predicted molar refractivity (Wildman–Crippen MR) is 132 cm³/mol. The lowest BCUT2D eigenvalue weighted by molar-refractivity contribution is 0.0342. The van der Waals surface area contributed by atoms with E-state index < -0.39 is 11.9 Å². The van der Waals surface area contributed by atoms with Crippen LogP contribution in [-0.4, -0.2) is 71.3 Å². The molecule has 7 nitrogen and oxygen atoms in total. The van der Waals surface area contributed by atoms with Crippen molar-refractivity contribution in [1.82, 2.24) is 9.80 Å². The third-order valence-corrected chi connectivity index (χ3v) is 5.52. The van der Waals surface area contributed by atoms with E-state index in [-0.39, 0.29) is 24.8 Å². The number of halogens is 2. The number of ether oxygens (including phenoxy) is 1. The summed E-state index contributed by atoms with van der Waals surface area (Å²) in [6.45, 7) is 7.60. The number of rotatable bonds is 6. The van der Waals surface area contributed by atoms with Crippen LogP contribution in [0, 0.1) is 0 Å². The number of likely N-dealkylation sites (tertiary alicyclic amines) is 1. The topological polar surface area (TPSA) is 90.3 Å². The van der Waals surface area contributed by atoms with E-state index in [0.29, 0.717) is 11.1 Å². The molecule has 4 rings (SSSR count).